The van der Waals surface area contributed by atoms with Gasteiger partial charge in [-0.05, 0) is 30.3 Å². The molecule has 0 saturated heterocycles. The molecule has 2 aromatic rings. The van der Waals surface area contributed by atoms with Crippen LogP contribution in [0.5, 0.6) is 5.75 Å². The number of rotatable bonds is 3. The van der Waals surface area contributed by atoms with Crippen molar-refractivity contribution in [3.63, 3.8) is 0 Å². The lowest BCUT2D eigenvalue weighted by molar-refractivity contribution is 0.0706. The molecule has 1 aliphatic rings. The Morgan fingerprint density at radius 3 is 2.70 bits per heavy atom. The van der Waals surface area contributed by atoms with Crippen molar-refractivity contribution in [2.45, 2.75) is 6.54 Å². The van der Waals surface area contributed by atoms with E-state index in [1.807, 2.05) is 4.90 Å². The quantitative estimate of drug-likeness (QED) is 0.655. The highest BCUT2D eigenvalue weighted by Gasteiger charge is 2.21. The Balaban J connectivity index is 1.96. The number of halogens is 2. The van der Waals surface area contributed by atoms with Crippen molar-refractivity contribution >= 4 is 34.8 Å². The van der Waals surface area contributed by atoms with E-state index >= 15 is 0 Å². The predicted octanol–water partition coefficient (Wildman–Crippen LogP) is 3.51. The monoisotopic (exact) mass is 352 g/mol. The van der Waals surface area contributed by atoms with E-state index in [2.05, 4.69) is 0 Å². The van der Waals surface area contributed by atoms with E-state index < -0.39 is 5.91 Å². The number of hydrogen-bond donors (Lipinski definition) is 2. The van der Waals surface area contributed by atoms with Crippen molar-refractivity contribution in [2.75, 3.05) is 18.1 Å². The largest absolute Gasteiger partial charge is 0.490 e. The van der Waals surface area contributed by atoms with E-state index in [0.717, 1.165) is 11.3 Å². The van der Waals surface area contributed by atoms with Crippen molar-refractivity contribution in [2.24, 2.45) is 0 Å². The average molecular weight is 353 g/mol. The lowest BCUT2D eigenvalue weighted by atomic mass is 10.1. The molecule has 1 aliphatic heterocycles. The maximum absolute atomic E-state index is 11.6. The highest BCUT2D eigenvalue weighted by molar-refractivity contribution is 6.36. The Morgan fingerprint density at radius 2 is 2.00 bits per heavy atom. The second-order valence-corrected chi connectivity index (χ2v) is 5.91. The molecule has 2 N–H and O–H groups in total. The molecule has 0 spiro atoms. The molecule has 0 aliphatic carbocycles. The summed E-state index contributed by atoms with van der Waals surface area (Å²) in [5.74, 6) is 0.100. The number of carbonyl (C=O) groups excluding carboxylic acids is 1. The first-order chi connectivity index (χ1) is 11.1. The fourth-order valence-electron chi connectivity index (χ4n) is 2.52. The van der Waals surface area contributed by atoms with Crippen molar-refractivity contribution < 1.29 is 14.7 Å². The van der Waals surface area contributed by atoms with Crippen LogP contribution in [0.3, 0.4) is 0 Å². The smallest absolute Gasteiger partial charge is 0.274 e. The molecule has 0 unspecified atom stereocenters. The van der Waals surface area contributed by atoms with Gasteiger partial charge in [-0.25, -0.2) is 5.48 Å². The zero-order valence-corrected chi connectivity index (χ0v) is 13.6. The number of nitrogens with zero attached hydrogens (tertiary/aromatic N) is 1. The van der Waals surface area contributed by atoms with Crippen LogP contribution in [0.1, 0.15) is 15.9 Å². The molecule has 0 radical (unpaired) electrons. The van der Waals surface area contributed by atoms with Crippen molar-refractivity contribution in [3.05, 3.63) is 57.6 Å². The average Bonchev–Trinajstić information content (AvgIpc) is 2.57. The molecule has 1 heterocycles. The fraction of sp³-hybridized carbons (Fsp3) is 0.188. The third-order valence-electron chi connectivity index (χ3n) is 3.69. The van der Waals surface area contributed by atoms with Gasteiger partial charge in [0.2, 0.25) is 0 Å². The summed E-state index contributed by atoms with van der Waals surface area (Å²) in [6.45, 7) is 1.67. The third-order valence-corrected chi connectivity index (χ3v) is 4.40. The highest BCUT2D eigenvalue weighted by Crippen LogP contribution is 2.35. The molecule has 5 nitrogen and oxygen atoms in total. The van der Waals surface area contributed by atoms with Gasteiger partial charge in [0.05, 0.1) is 12.2 Å². The summed E-state index contributed by atoms with van der Waals surface area (Å²) in [6.07, 6.45) is 0. The first kappa shape index (κ1) is 15.9. The molecular weight excluding hydrogens is 339 g/mol. The van der Waals surface area contributed by atoms with Crippen LogP contribution in [0.15, 0.2) is 36.4 Å². The van der Waals surface area contributed by atoms with Crippen LogP contribution in [0.2, 0.25) is 10.0 Å². The molecule has 2 aromatic carbocycles. The fourth-order valence-corrected chi connectivity index (χ4v) is 3.03. The van der Waals surface area contributed by atoms with Crippen LogP contribution >= 0.6 is 23.2 Å². The summed E-state index contributed by atoms with van der Waals surface area (Å²) >= 11 is 12.5. The number of hydrogen-bond acceptors (Lipinski definition) is 4. The molecule has 0 fully saturated rings. The molecule has 0 saturated carbocycles. The van der Waals surface area contributed by atoms with E-state index in [-0.39, 0.29) is 0 Å². The second kappa shape index (κ2) is 6.66. The molecular formula is C16H14Cl2N2O3. The van der Waals surface area contributed by atoms with Gasteiger partial charge in [-0.15, -0.1) is 0 Å². The Bertz CT molecular complexity index is 732. The van der Waals surface area contributed by atoms with Gasteiger partial charge in [0.15, 0.2) is 0 Å². The van der Waals surface area contributed by atoms with E-state index in [9.17, 15) is 4.79 Å². The molecule has 0 atom stereocenters. The normalized spacial score (nSPS) is 13.3. The van der Waals surface area contributed by atoms with E-state index in [1.165, 1.54) is 0 Å². The third kappa shape index (κ3) is 3.22. The first-order valence-electron chi connectivity index (χ1n) is 6.99. The maximum atomic E-state index is 11.6. The van der Waals surface area contributed by atoms with Crippen LogP contribution in [-0.2, 0) is 6.54 Å². The van der Waals surface area contributed by atoms with Gasteiger partial charge >= 0.3 is 0 Å². The summed E-state index contributed by atoms with van der Waals surface area (Å²) in [5, 5.41) is 9.97. The molecule has 1 amide bonds. The van der Waals surface area contributed by atoms with Crippen molar-refractivity contribution in [1.29, 1.82) is 0 Å². The SMILES string of the molecule is O=C(NO)c1ccc2c(c1)N(Cc1c(Cl)cccc1Cl)CCO2. The van der Waals surface area contributed by atoms with E-state index in [0.29, 0.717) is 41.1 Å². The molecule has 23 heavy (non-hydrogen) atoms. The molecule has 0 bridgehead atoms. The minimum Gasteiger partial charge on any atom is -0.490 e. The molecule has 3 rings (SSSR count). The van der Waals surface area contributed by atoms with Gasteiger partial charge in [0.1, 0.15) is 12.4 Å². The summed E-state index contributed by atoms with van der Waals surface area (Å²) in [5.41, 5.74) is 3.55. The van der Waals surface area contributed by atoms with Crippen LogP contribution in [0.25, 0.3) is 0 Å². The lowest BCUT2D eigenvalue weighted by Gasteiger charge is -2.32. The van der Waals surface area contributed by atoms with Crippen molar-refractivity contribution in [1.82, 2.24) is 5.48 Å². The molecule has 120 valence electrons. The Labute approximate surface area is 143 Å². The number of nitrogens with one attached hydrogen (secondary N) is 1. The van der Waals surface area contributed by atoms with Crippen LogP contribution < -0.4 is 15.1 Å². The number of ether oxygens (including phenoxy) is 1. The van der Waals surface area contributed by atoms with Gasteiger partial charge in [-0.3, -0.25) is 10.0 Å². The summed E-state index contributed by atoms with van der Waals surface area (Å²) in [7, 11) is 0. The predicted molar refractivity (Wildman–Crippen MR) is 88.7 cm³/mol. The maximum Gasteiger partial charge on any atom is 0.274 e. The zero-order valence-electron chi connectivity index (χ0n) is 12.1. The topological polar surface area (TPSA) is 61.8 Å². The van der Waals surface area contributed by atoms with Crippen molar-refractivity contribution in [3.8, 4) is 5.75 Å². The molecule has 0 aromatic heterocycles. The summed E-state index contributed by atoms with van der Waals surface area (Å²) in [6, 6.07) is 10.4. The van der Waals surface area contributed by atoms with Gasteiger partial charge in [-0.2, -0.15) is 0 Å². The van der Waals surface area contributed by atoms with Gasteiger partial charge in [0.25, 0.3) is 5.91 Å². The number of carbonyl (C=O) groups is 1. The summed E-state index contributed by atoms with van der Waals surface area (Å²) in [4.78, 5) is 13.7. The standard InChI is InChI=1S/C16H14Cl2N2O3/c17-12-2-1-3-13(18)11(12)9-20-6-7-23-15-5-4-10(8-14(15)20)16(21)19-22/h1-5,8,22H,6-7,9H2,(H,19,21). The zero-order chi connectivity index (χ0) is 16.4. The van der Waals surface area contributed by atoms with Gasteiger partial charge < -0.3 is 9.64 Å². The Morgan fingerprint density at radius 1 is 1.26 bits per heavy atom. The Kier molecular flexibility index (Phi) is 4.61. The van der Waals surface area contributed by atoms with Gasteiger partial charge in [0, 0.05) is 27.7 Å². The van der Waals surface area contributed by atoms with Crippen LogP contribution in [0, 0.1) is 0 Å². The first-order valence-corrected chi connectivity index (χ1v) is 7.75. The second-order valence-electron chi connectivity index (χ2n) is 5.09. The minimum absolute atomic E-state index is 0.340. The highest BCUT2D eigenvalue weighted by atomic mass is 35.5. The number of benzene rings is 2. The number of fused-ring (bicyclic) bond motifs is 1. The minimum atomic E-state index is -0.575. The lowest BCUT2D eigenvalue weighted by Crippen LogP contribution is -2.32. The Hall–Kier alpha value is -1.95. The van der Waals surface area contributed by atoms with E-state index in [1.54, 1.807) is 41.9 Å². The molecule has 7 heteroatoms. The van der Waals surface area contributed by atoms with Gasteiger partial charge in [-0.1, -0.05) is 29.3 Å². The van der Waals surface area contributed by atoms with E-state index in [4.69, 9.17) is 33.1 Å². The number of anilines is 1. The summed E-state index contributed by atoms with van der Waals surface area (Å²) < 4.78 is 5.62. The van der Waals surface area contributed by atoms with Crippen LogP contribution in [0.4, 0.5) is 5.69 Å². The van der Waals surface area contributed by atoms with Crippen LogP contribution in [-0.4, -0.2) is 24.3 Å². The number of hydroxylamine groups is 1. The number of amides is 1.